The molecule has 4 rings (SSSR count). The van der Waals surface area contributed by atoms with E-state index in [2.05, 4.69) is 0 Å². The van der Waals surface area contributed by atoms with Gasteiger partial charge >= 0.3 is 0 Å². The fourth-order valence-corrected chi connectivity index (χ4v) is 4.72. The first-order valence-corrected chi connectivity index (χ1v) is 16.4. The van der Waals surface area contributed by atoms with E-state index in [9.17, 15) is 19.8 Å². The molecular formula is C40H42O14. The van der Waals surface area contributed by atoms with Crippen molar-refractivity contribution in [2.24, 2.45) is 0 Å². The maximum absolute atomic E-state index is 13.0. The minimum absolute atomic E-state index is 0.0365. The van der Waals surface area contributed by atoms with Crippen molar-refractivity contribution in [2.45, 2.75) is 0 Å². The van der Waals surface area contributed by atoms with Crippen LogP contribution < -0.4 is 28.4 Å². The van der Waals surface area contributed by atoms with Crippen LogP contribution in [0.25, 0.3) is 12.2 Å². The van der Waals surface area contributed by atoms with Crippen molar-refractivity contribution >= 4 is 23.7 Å². The fourth-order valence-electron chi connectivity index (χ4n) is 4.72. The molecule has 0 atom stereocenters. The second-order valence-electron chi connectivity index (χ2n) is 11.1. The van der Waals surface area contributed by atoms with Gasteiger partial charge in [-0.05, 0) is 47.5 Å². The Morgan fingerprint density at radius 2 is 0.833 bits per heavy atom. The number of carbonyl (C=O) groups excluding carboxylic acids is 2. The zero-order valence-electron chi connectivity index (χ0n) is 30.3. The summed E-state index contributed by atoms with van der Waals surface area (Å²) in [5.41, 5.74) is 1.38. The molecule has 14 heteroatoms. The van der Waals surface area contributed by atoms with E-state index in [1.807, 2.05) is 0 Å². The molecule has 0 unspecified atom stereocenters. The molecular weight excluding hydrogens is 704 g/mol. The molecule has 0 aromatic heterocycles. The number of rotatable bonds is 23. The second kappa shape index (κ2) is 21.5. The third kappa shape index (κ3) is 12.3. The smallest absolute Gasteiger partial charge is 0.193 e. The Balaban J connectivity index is 1.27. The molecule has 0 aliphatic rings. The molecule has 0 saturated heterocycles. The summed E-state index contributed by atoms with van der Waals surface area (Å²) in [6.45, 7) is 0.168. The van der Waals surface area contributed by atoms with Gasteiger partial charge in [0.05, 0.1) is 0 Å². The van der Waals surface area contributed by atoms with E-state index in [0.717, 1.165) is 11.1 Å². The summed E-state index contributed by atoms with van der Waals surface area (Å²) in [6, 6.07) is 19.7. The summed E-state index contributed by atoms with van der Waals surface area (Å²) in [7, 11) is 5.80. The summed E-state index contributed by atoms with van der Waals surface area (Å²) in [5.74, 6) is 0.344. The molecule has 4 aromatic rings. The van der Waals surface area contributed by atoms with Crippen molar-refractivity contribution in [3.63, 3.8) is 0 Å². The van der Waals surface area contributed by atoms with E-state index < -0.39 is 11.6 Å². The van der Waals surface area contributed by atoms with Crippen LogP contribution in [0.2, 0.25) is 0 Å². The van der Waals surface area contributed by atoms with Gasteiger partial charge in [0.15, 0.2) is 38.7 Å². The summed E-state index contributed by atoms with van der Waals surface area (Å²) < 4.78 is 53.0. The first kappa shape index (κ1) is 40.7. The maximum atomic E-state index is 13.0. The van der Waals surface area contributed by atoms with Crippen molar-refractivity contribution in [3.8, 4) is 46.0 Å². The average molecular weight is 747 g/mol. The van der Waals surface area contributed by atoms with Crippen LogP contribution in [-0.4, -0.2) is 90.6 Å². The molecule has 14 nitrogen and oxygen atoms in total. The molecule has 286 valence electrons. The molecule has 0 saturated carbocycles. The largest absolute Gasteiger partial charge is 0.507 e. The highest BCUT2D eigenvalue weighted by atomic mass is 16.7. The standard InChI is InChI=1S/C40H42O14/c1-45-23-51-31-19-35(43)39(37(21-31)53-25-47-3)33(41)15-9-27-5-11-29(12-6-27)49-17-18-50-30-13-7-28(8-14-30)10-16-34(42)40-36(44)20-32(52-24-46-2)22-38(40)54-26-48-4/h5-16,19-22,43-44H,17-18,23-26H2,1-4H3/b15-9+,16-10+. The number of allylic oxidation sites excluding steroid dienone is 2. The Labute approximate surface area is 312 Å². The first-order chi connectivity index (χ1) is 26.3. The van der Waals surface area contributed by atoms with Crippen LogP contribution in [0.1, 0.15) is 31.8 Å². The quantitative estimate of drug-likeness (QED) is 0.0377. The lowest BCUT2D eigenvalue weighted by molar-refractivity contribution is 0.0448. The zero-order valence-corrected chi connectivity index (χ0v) is 30.3. The van der Waals surface area contributed by atoms with E-state index in [4.69, 9.17) is 47.4 Å². The molecule has 2 N–H and O–H groups in total. The van der Waals surface area contributed by atoms with E-state index in [-0.39, 0.29) is 86.0 Å². The SMILES string of the molecule is COCOc1cc(O)c(C(=O)/C=C/c2ccc(OCCOc3ccc(/C=C/C(=O)c4c(O)cc(OCOC)cc4OCOC)cc3)cc2)c(OCOC)c1. The van der Waals surface area contributed by atoms with Gasteiger partial charge < -0.3 is 57.6 Å². The number of hydrogen-bond acceptors (Lipinski definition) is 14. The van der Waals surface area contributed by atoms with Gasteiger partial charge in [0, 0.05) is 52.7 Å². The highest BCUT2D eigenvalue weighted by Crippen LogP contribution is 2.36. The number of phenols is 2. The van der Waals surface area contributed by atoms with Crippen LogP contribution in [0.3, 0.4) is 0 Å². The number of ether oxygens (including phenoxy) is 10. The molecule has 0 aliphatic heterocycles. The van der Waals surface area contributed by atoms with E-state index in [0.29, 0.717) is 11.5 Å². The Morgan fingerprint density at radius 1 is 0.481 bits per heavy atom. The van der Waals surface area contributed by atoms with Crippen molar-refractivity contribution in [1.29, 1.82) is 0 Å². The van der Waals surface area contributed by atoms with Gasteiger partial charge in [-0.25, -0.2) is 0 Å². The summed E-state index contributed by atoms with van der Waals surface area (Å²) in [6.07, 6.45) is 5.86. The van der Waals surface area contributed by atoms with Crippen molar-refractivity contribution in [3.05, 3.63) is 107 Å². The zero-order chi connectivity index (χ0) is 38.7. The molecule has 4 aromatic carbocycles. The normalized spacial score (nSPS) is 11.1. The van der Waals surface area contributed by atoms with Crippen molar-refractivity contribution < 1.29 is 67.2 Å². The summed E-state index contributed by atoms with van der Waals surface area (Å²) in [4.78, 5) is 26.0. The van der Waals surface area contributed by atoms with Crippen LogP contribution >= 0.6 is 0 Å². The van der Waals surface area contributed by atoms with Gasteiger partial charge in [-0.1, -0.05) is 36.4 Å². The van der Waals surface area contributed by atoms with Gasteiger partial charge in [0.1, 0.15) is 70.3 Å². The minimum Gasteiger partial charge on any atom is -0.507 e. The van der Waals surface area contributed by atoms with Gasteiger partial charge in [-0.3, -0.25) is 9.59 Å². The summed E-state index contributed by atoms with van der Waals surface area (Å²) >= 11 is 0. The van der Waals surface area contributed by atoms with E-state index in [1.165, 1.54) is 64.9 Å². The average Bonchev–Trinajstić information content (AvgIpc) is 3.18. The lowest BCUT2D eigenvalue weighted by Gasteiger charge is -2.13. The minimum atomic E-state index is -0.481. The number of benzene rings is 4. The molecule has 0 spiro atoms. The van der Waals surface area contributed by atoms with E-state index >= 15 is 0 Å². The Bertz CT molecular complexity index is 1730. The van der Waals surface area contributed by atoms with Crippen molar-refractivity contribution in [1.82, 2.24) is 0 Å². The van der Waals surface area contributed by atoms with Gasteiger partial charge in [-0.15, -0.1) is 0 Å². The Kier molecular flexibility index (Phi) is 16.2. The number of methoxy groups -OCH3 is 4. The third-order valence-electron chi connectivity index (χ3n) is 7.19. The number of ketones is 2. The van der Waals surface area contributed by atoms with Crippen molar-refractivity contribution in [2.75, 3.05) is 68.8 Å². The van der Waals surface area contributed by atoms with Gasteiger partial charge in [0.25, 0.3) is 0 Å². The lowest BCUT2D eigenvalue weighted by atomic mass is 10.1. The maximum Gasteiger partial charge on any atom is 0.193 e. The molecule has 0 aliphatic carbocycles. The monoisotopic (exact) mass is 746 g/mol. The predicted molar refractivity (Wildman–Crippen MR) is 197 cm³/mol. The topological polar surface area (TPSA) is 167 Å². The van der Waals surface area contributed by atoms with Crippen LogP contribution in [0.5, 0.6) is 46.0 Å². The number of hydrogen-bond donors (Lipinski definition) is 2. The van der Waals surface area contributed by atoms with Gasteiger partial charge in [-0.2, -0.15) is 0 Å². The fraction of sp³-hybridized carbons (Fsp3) is 0.250. The number of phenolic OH excluding ortho intramolecular Hbond substituents is 2. The number of carbonyl (C=O) groups is 2. The molecule has 54 heavy (non-hydrogen) atoms. The molecule has 0 fully saturated rings. The molecule has 0 amide bonds. The molecule has 0 heterocycles. The molecule has 0 bridgehead atoms. The summed E-state index contributed by atoms with van der Waals surface area (Å²) in [5, 5.41) is 21.1. The third-order valence-corrected chi connectivity index (χ3v) is 7.19. The highest BCUT2D eigenvalue weighted by Gasteiger charge is 2.20. The Morgan fingerprint density at radius 3 is 1.19 bits per heavy atom. The van der Waals surface area contributed by atoms with Crippen LogP contribution in [0.15, 0.2) is 84.9 Å². The predicted octanol–water partition coefficient (Wildman–Crippen LogP) is 6.28. The van der Waals surface area contributed by atoms with Crippen LogP contribution in [-0.2, 0) is 18.9 Å². The van der Waals surface area contributed by atoms with Gasteiger partial charge in [0.2, 0.25) is 0 Å². The Hall–Kier alpha value is -6.06. The highest BCUT2D eigenvalue weighted by molar-refractivity contribution is 6.11. The molecule has 0 radical (unpaired) electrons. The first-order valence-electron chi connectivity index (χ1n) is 16.4. The number of aromatic hydroxyl groups is 2. The van der Waals surface area contributed by atoms with Crippen LogP contribution in [0.4, 0.5) is 0 Å². The lowest BCUT2D eigenvalue weighted by Crippen LogP contribution is -2.08. The van der Waals surface area contributed by atoms with Crippen LogP contribution in [0, 0.1) is 0 Å². The second-order valence-corrected chi connectivity index (χ2v) is 11.1. The van der Waals surface area contributed by atoms with E-state index in [1.54, 1.807) is 60.7 Å².